The van der Waals surface area contributed by atoms with Gasteiger partial charge in [-0.1, -0.05) is 0 Å². The van der Waals surface area contributed by atoms with E-state index in [-0.39, 0.29) is 18.2 Å². The summed E-state index contributed by atoms with van der Waals surface area (Å²) in [5, 5.41) is 0. The first-order valence-corrected chi connectivity index (χ1v) is 5.82. The monoisotopic (exact) mass is 255 g/mol. The fourth-order valence-electron chi connectivity index (χ4n) is 2.09. The number of ether oxygens (including phenoxy) is 2. The van der Waals surface area contributed by atoms with Crippen LogP contribution in [0.15, 0.2) is 14.4 Å². The second-order valence-corrected chi connectivity index (χ2v) is 4.60. The van der Waals surface area contributed by atoms with Gasteiger partial charge in [-0.2, -0.15) is 0 Å². The zero-order chi connectivity index (χ0) is 12.7. The van der Waals surface area contributed by atoms with Gasteiger partial charge in [0.25, 0.3) is 0 Å². The summed E-state index contributed by atoms with van der Waals surface area (Å²) in [6.45, 7) is 1.30. The van der Waals surface area contributed by atoms with Gasteiger partial charge in [0.15, 0.2) is 0 Å². The number of hydrogen-bond acceptors (Lipinski definition) is 5. The van der Waals surface area contributed by atoms with Crippen molar-refractivity contribution in [3.63, 3.8) is 0 Å². The molecule has 0 radical (unpaired) electrons. The van der Waals surface area contributed by atoms with Gasteiger partial charge in [0.1, 0.15) is 0 Å². The van der Waals surface area contributed by atoms with E-state index in [0.29, 0.717) is 26.1 Å². The van der Waals surface area contributed by atoms with E-state index in [1.165, 1.54) is 0 Å². The van der Waals surface area contributed by atoms with E-state index < -0.39 is 17.1 Å². The average Bonchev–Trinajstić information content (AvgIpc) is 3.10. The Bertz CT molecular complexity index is 559. The topological polar surface area (TPSA) is 113 Å². The average molecular weight is 255 g/mol. The third-order valence-electron chi connectivity index (χ3n) is 3.12. The van der Waals surface area contributed by atoms with E-state index in [1.54, 1.807) is 0 Å². The number of aromatic amines is 2. The largest absolute Gasteiger partial charge is 0.373 e. The minimum absolute atomic E-state index is 0.0898. The van der Waals surface area contributed by atoms with Crippen molar-refractivity contribution in [1.29, 1.82) is 0 Å². The Morgan fingerprint density at radius 2 is 1.50 bits per heavy atom. The zero-order valence-corrected chi connectivity index (χ0v) is 9.55. The van der Waals surface area contributed by atoms with E-state index in [4.69, 9.17) is 9.47 Å². The van der Waals surface area contributed by atoms with Gasteiger partial charge >= 0.3 is 17.1 Å². The summed E-state index contributed by atoms with van der Waals surface area (Å²) in [4.78, 5) is 38.5. The second-order valence-electron chi connectivity index (χ2n) is 4.60. The highest BCUT2D eigenvalue weighted by molar-refractivity contribution is 4.86. The van der Waals surface area contributed by atoms with Crippen LogP contribution in [0.3, 0.4) is 0 Å². The Morgan fingerprint density at radius 3 is 1.89 bits per heavy atom. The molecule has 0 aliphatic carbocycles. The van der Waals surface area contributed by atoms with Gasteiger partial charge in [-0.3, -0.25) is 9.97 Å². The summed E-state index contributed by atoms with van der Waals surface area (Å²) in [5.74, 6) is 0. The van der Waals surface area contributed by atoms with Crippen LogP contribution in [0.1, 0.15) is 18.9 Å². The van der Waals surface area contributed by atoms with E-state index in [0.717, 1.165) is 4.57 Å². The molecule has 3 heterocycles. The summed E-state index contributed by atoms with van der Waals surface area (Å²) in [6, 6.07) is -0.307. The molecule has 2 aliphatic rings. The Morgan fingerprint density at radius 1 is 1.06 bits per heavy atom. The van der Waals surface area contributed by atoms with Gasteiger partial charge in [0.2, 0.25) is 0 Å². The number of aromatic nitrogens is 3. The maximum atomic E-state index is 11.7. The number of nitrogens with zero attached hydrogens (tertiary/aromatic N) is 1. The highest BCUT2D eigenvalue weighted by atomic mass is 16.6. The third-order valence-corrected chi connectivity index (χ3v) is 3.12. The molecule has 1 aromatic heterocycles. The lowest BCUT2D eigenvalue weighted by Gasteiger charge is -2.15. The van der Waals surface area contributed by atoms with Crippen LogP contribution in [0.25, 0.3) is 0 Å². The molecule has 8 heteroatoms. The summed E-state index contributed by atoms with van der Waals surface area (Å²) in [6.07, 6.45) is 1.34. The Labute approximate surface area is 101 Å². The first-order chi connectivity index (χ1) is 8.63. The van der Waals surface area contributed by atoms with Crippen LogP contribution in [0, 0.1) is 0 Å². The van der Waals surface area contributed by atoms with Crippen molar-refractivity contribution >= 4 is 0 Å². The van der Waals surface area contributed by atoms with Gasteiger partial charge in [-0.15, -0.1) is 0 Å². The molecule has 3 rings (SSSR count). The lowest BCUT2D eigenvalue weighted by atomic mass is 10.1. The molecule has 0 bridgehead atoms. The molecule has 2 atom stereocenters. The molecule has 0 amide bonds. The number of nitrogens with one attached hydrogen (secondary N) is 2. The number of hydrogen-bond donors (Lipinski definition) is 2. The Balaban J connectivity index is 1.94. The minimum atomic E-state index is -0.787. The first kappa shape index (κ1) is 11.4. The minimum Gasteiger partial charge on any atom is -0.373 e. The molecule has 0 spiro atoms. The molecule has 2 aliphatic heterocycles. The molecule has 2 fully saturated rings. The predicted octanol–water partition coefficient (Wildman–Crippen LogP) is -1.66. The van der Waals surface area contributed by atoms with E-state index in [9.17, 15) is 14.4 Å². The predicted molar refractivity (Wildman–Crippen MR) is 59.7 cm³/mol. The maximum absolute atomic E-state index is 11.7. The van der Waals surface area contributed by atoms with Gasteiger partial charge < -0.3 is 9.47 Å². The molecule has 18 heavy (non-hydrogen) atoms. The van der Waals surface area contributed by atoms with Crippen LogP contribution in [0.2, 0.25) is 0 Å². The molecular formula is C10H13N3O5. The SMILES string of the molecule is O=c1[nH]c(=O)n(C(CC2CO2)CC2CO2)c(=O)[nH]1. The summed E-state index contributed by atoms with van der Waals surface area (Å²) in [5.41, 5.74) is -2.16. The van der Waals surface area contributed by atoms with Crippen LogP contribution in [0.4, 0.5) is 0 Å². The van der Waals surface area contributed by atoms with Crippen molar-refractivity contribution in [3.8, 4) is 0 Å². The summed E-state index contributed by atoms with van der Waals surface area (Å²) < 4.78 is 11.3. The smallest absolute Gasteiger partial charge is 0.333 e. The highest BCUT2D eigenvalue weighted by Crippen LogP contribution is 2.28. The van der Waals surface area contributed by atoms with Crippen LogP contribution >= 0.6 is 0 Å². The molecule has 98 valence electrons. The fourth-order valence-corrected chi connectivity index (χ4v) is 2.09. The summed E-state index contributed by atoms with van der Waals surface area (Å²) in [7, 11) is 0. The molecular weight excluding hydrogens is 242 g/mol. The maximum Gasteiger partial charge on any atom is 0.333 e. The second kappa shape index (κ2) is 4.21. The van der Waals surface area contributed by atoms with Crippen molar-refractivity contribution in [3.05, 3.63) is 31.5 Å². The van der Waals surface area contributed by atoms with Crippen molar-refractivity contribution < 1.29 is 9.47 Å². The molecule has 2 unspecified atom stereocenters. The van der Waals surface area contributed by atoms with Crippen molar-refractivity contribution in [1.82, 2.24) is 14.5 Å². The Hall–Kier alpha value is -1.67. The molecule has 1 aromatic rings. The highest BCUT2D eigenvalue weighted by Gasteiger charge is 2.34. The molecule has 8 nitrogen and oxygen atoms in total. The molecule has 0 saturated carbocycles. The van der Waals surface area contributed by atoms with Crippen molar-refractivity contribution in [2.24, 2.45) is 0 Å². The number of H-pyrrole nitrogens is 2. The van der Waals surface area contributed by atoms with E-state index in [1.807, 2.05) is 0 Å². The standard InChI is InChI=1S/C10H13N3O5/c14-8-11-9(15)13(10(16)12-8)5(1-6-3-17-6)2-7-4-18-7/h5-7H,1-4H2,(H2,11,12,14,15,16). The fraction of sp³-hybridized carbons (Fsp3) is 0.700. The van der Waals surface area contributed by atoms with Crippen LogP contribution in [-0.2, 0) is 9.47 Å². The number of epoxide rings is 2. The molecule has 2 N–H and O–H groups in total. The van der Waals surface area contributed by atoms with E-state index >= 15 is 0 Å². The molecule has 0 aromatic carbocycles. The first-order valence-electron chi connectivity index (χ1n) is 5.82. The normalized spacial score (nSPS) is 26.9. The van der Waals surface area contributed by atoms with Gasteiger partial charge in [-0.05, 0) is 12.8 Å². The van der Waals surface area contributed by atoms with Gasteiger partial charge in [0.05, 0.1) is 25.4 Å². The van der Waals surface area contributed by atoms with Crippen LogP contribution < -0.4 is 17.1 Å². The lowest BCUT2D eigenvalue weighted by Crippen LogP contribution is -2.45. The molecule has 2 saturated heterocycles. The zero-order valence-electron chi connectivity index (χ0n) is 9.55. The van der Waals surface area contributed by atoms with E-state index in [2.05, 4.69) is 9.97 Å². The lowest BCUT2D eigenvalue weighted by molar-refractivity contribution is 0.294. The third kappa shape index (κ3) is 2.44. The van der Waals surface area contributed by atoms with Gasteiger partial charge in [-0.25, -0.2) is 19.0 Å². The van der Waals surface area contributed by atoms with Crippen molar-refractivity contribution in [2.75, 3.05) is 13.2 Å². The number of rotatable bonds is 5. The van der Waals surface area contributed by atoms with Crippen LogP contribution in [0.5, 0.6) is 0 Å². The quantitative estimate of drug-likeness (QED) is 0.612. The van der Waals surface area contributed by atoms with Gasteiger partial charge in [0, 0.05) is 6.04 Å². The Kier molecular flexibility index (Phi) is 2.67. The van der Waals surface area contributed by atoms with Crippen LogP contribution in [-0.4, -0.2) is 40.0 Å². The summed E-state index contributed by atoms with van der Waals surface area (Å²) >= 11 is 0. The van der Waals surface area contributed by atoms with Crippen molar-refractivity contribution in [2.45, 2.75) is 31.1 Å².